The third-order valence-corrected chi connectivity index (χ3v) is 3.12. The van der Waals surface area contributed by atoms with E-state index >= 15 is 0 Å². The minimum Gasteiger partial charge on any atom is -0.356 e. The van der Waals surface area contributed by atoms with Crippen molar-refractivity contribution in [1.29, 1.82) is 0 Å². The number of imidazole rings is 1. The standard InChI is InChI=1S/C13H14FN3/c1-9-8-17-12(5-6-15-13(17)16-9)10-3-2-4-11(14)7-10/h2-4,7-8,12H,5-6H2,1H3,(H,15,16). The molecule has 1 N–H and O–H groups in total. The first kappa shape index (κ1) is 10.3. The second kappa shape index (κ2) is 3.87. The fourth-order valence-electron chi connectivity index (χ4n) is 2.39. The molecule has 1 aromatic carbocycles. The molecule has 1 aromatic heterocycles. The van der Waals surface area contributed by atoms with Crippen LogP contribution in [0.5, 0.6) is 0 Å². The molecular formula is C13H14FN3. The zero-order chi connectivity index (χ0) is 11.8. The Kier molecular flexibility index (Phi) is 2.35. The second-order valence-electron chi connectivity index (χ2n) is 4.40. The van der Waals surface area contributed by atoms with Crippen molar-refractivity contribution in [2.45, 2.75) is 19.4 Å². The molecule has 0 saturated carbocycles. The molecule has 88 valence electrons. The lowest BCUT2D eigenvalue weighted by molar-refractivity contribution is 0.525. The number of aryl methyl sites for hydroxylation is 1. The molecule has 1 aliphatic heterocycles. The number of fused-ring (bicyclic) bond motifs is 1. The number of anilines is 1. The Labute approximate surface area is 99.3 Å². The van der Waals surface area contributed by atoms with Gasteiger partial charge in [0.1, 0.15) is 5.82 Å². The van der Waals surface area contributed by atoms with E-state index in [1.165, 1.54) is 6.07 Å². The molecule has 0 fully saturated rings. The molecule has 1 aliphatic rings. The molecule has 2 heterocycles. The average molecular weight is 231 g/mol. The van der Waals surface area contributed by atoms with E-state index in [-0.39, 0.29) is 11.9 Å². The molecule has 0 aliphatic carbocycles. The molecule has 0 spiro atoms. The molecule has 17 heavy (non-hydrogen) atoms. The van der Waals surface area contributed by atoms with Gasteiger partial charge in [0.2, 0.25) is 5.95 Å². The molecule has 0 bridgehead atoms. The van der Waals surface area contributed by atoms with E-state index in [9.17, 15) is 4.39 Å². The number of hydrogen-bond donors (Lipinski definition) is 1. The highest BCUT2D eigenvalue weighted by Gasteiger charge is 2.22. The van der Waals surface area contributed by atoms with Crippen LogP contribution in [0.1, 0.15) is 23.7 Å². The predicted molar refractivity (Wildman–Crippen MR) is 64.6 cm³/mol. The summed E-state index contributed by atoms with van der Waals surface area (Å²) in [7, 11) is 0. The van der Waals surface area contributed by atoms with E-state index in [4.69, 9.17) is 0 Å². The van der Waals surface area contributed by atoms with Crippen LogP contribution < -0.4 is 5.32 Å². The number of aromatic nitrogens is 2. The number of hydrogen-bond acceptors (Lipinski definition) is 2. The van der Waals surface area contributed by atoms with Crippen molar-refractivity contribution in [2.75, 3.05) is 11.9 Å². The van der Waals surface area contributed by atoms with E-state index in [1.54, 1.807) is 12.1 Å². The van der Waals surface area contributed by atoms with Gasteiger partial charge in [-0.25, -0.2) is 9.37 Å². The first-order valence-corrected chi connectivity index (χ1v) is 5.79. The average Bonchev–Trinajstić information content (AvgIpc) is 2.68. The Morgan fingerprint density at radius 1 is 1.47 bits per heavy atom. The highest BCUT2D eigenvalue weighted by Crippen LogP contribution is 2.29. The lowest BCUT2D eigenvalue weighted by atomic mass is 10.0. The zero-order valence-corrected chi connectivity index (χ0v) is 9.65. The normalized spacial score (nSPS) is 18.6. The molecular weight excluding hydrogens is 217 g/mol. The monoisotopic (exact) mass is 231 g/mol. The maximum atomic E-state index is 13.3. The van der Waals surface area contributed by atoms with Crippen LogP contribution in [0.3, 0.4) is 0 Å². The number of benzene rings is 1. The van der Waals surface area contributed by atoms with Crippen molar-refractivity contribution < 1.29 is 4.39 Å². The Balaban J connectivity index is 2.05. The van der Waals surface area contributed by atoms with Crippen molar-refractivity contribution >= 4 is 5.95 Å². The molecule has 3 rings (SSSR count). The van der Waals surface area contributed by atoms with Crippen LogP contribution in [-0.2, 0) is 0 Å². The maximum absolute atomic E-state index is 13.3. The molecule has 0 radical (unpaired) electrons. The molecule has 1 unspecified atom stereocenters. The van der Waals surface area contributed by atoms with E-state index in [1.807, 2.05) is 19.2 Å². The van der Waals surface area contributed by atoms with Crippen molar-refractivity contribution in [3.05, 3.63) is 47.5 Å². The van der Waals surface area contributed by atoms with Gasteiger partial charge in [-0.05, 0) is 31.0 Å². The molecule has 0 amide bonds. The summed E-state index contributed by atoms with van der Waals surface area (Å²) in [6.07, 6.45) is 2.96. The van der Waals surface area contributed by atoms with Gasteiger partial charge in [0.15, 0.2) is 0 Å². The van der Waals surface area contributed by atoms with Crippen molar-refractivity contribution in [3.63, 3.8) is 0 Å². The Hall–Kier alpha value is -1.84. The van der Waals surface area contributed by atoms with E-state index in [2.05, 4.69) is 14.9 Å². The van der Waals surface area contributed by atoms with Gasteiger partial charge in [-0.3, -0.25) is 0 Å². The summed E-state index contributed by atoms with van der Waals surface area (Å²) in [5.41, 5.74) is 1.99. The SMILES string of the molecule is Cc1cn2c(n1)NCCC2c1cccc(F)c1. The second-order valence-corrected chi connectivity index (χ2v) is 4.40. The van der Waals surface area contributed by atoms with Gasteiger partial charge < -0.3 is 9.88 Å². The summed E-state index contributed by atoms with van der Waals surface area (Å²) in [4.78, 5) is 4.41. The summed E-state index contributed by atoms with van der Waals surface area (Å²) in [5.74, 6) is 0.697. The van der Waals surface area contributed by atoms with Gasteiger partial charge in [-0.2, -0.15) is 0 Å². The molecule has 0 saturated heterocycles. The maximum Gasteiger partial charge on any atom is 0.203 e. The zero-order valence-electron chi connectivity index (χ0n) is 9.65. The fourth-order valence-corrected chi connectivity index (χ4v) is 2.39. The van der Waals surface area contributed by atoms with Crippen LogP contribution in [0.4, 0.5) is 10.3 Å². The number of nitrogens with zero attached hydrogens (tertiary/aromatic N) is 2. The highest BCUT2D eigenvalue weighted by molar-refractivity contribution is 5.35. The number of rotatable bonds is 1. The summed E-state index contributed by atoms with van der Waals surface area (Å²) in [5, 5.41) is 3.26. The first-order valence-electron chi connectivity index (χ1n) is 5.79. The van der Waals surface area contributed by atoms with Crippen molar-refractivity contribution in [1.82, 2.24) is 9.55 Å². The Bertz CT molecular complexity index is 547. The third kappa shape index (κ3) is 1.79. The van der Waals surface area contributed by atoms with Gasteiger partial charge in [0.25, 0.3) is 0 Å². The van der Waals surface area contributed by atoms with Crippen molar-refractivity contribution in [3.8, 4) is 0 Å². The van der Waals surface area contributed by atoms with Crippen molar-refractivity contribution in [2.24, 2.45) is 0 Å². The van der Waals surface area contributed by atoms with Crippen LogP contribution in [0, 0.1) is 12.7 Å². The topological polar surface area (TPSA) is 29.9 Å². The highest BCUT2D eigenvalue weighted by atomic mass is 19.1. The summed E-state index contributed by atoms with van der Waals surface area (Å²) in [6.45, 7) is 2.84. The van der Waals surface area contributed by atoms with E-state index in [0.717, 1.165) is 30.2 Å². The van der Waals surface area contributed by atoms with E-state index < -0.39 is 0 Å². The summed E-state index contributed by atoms with van der Waals surface area (Å²) in [6, 6.07) is 7.00. The summed E-state index contributed by atoms with van der Waals surface area (Å²) < 4.78 is 15.4. The van der Waals surface area contributed by atoms with Gasteiger partial charge in [0.05, 0.1) is 11.7 Å². The molecule has 2 aromatic rings. The minimum atomic E-state index is -0.181. The molecule has 1 atom stereocenters. The van der Waals surface area contributed by atoms with Gasteiger partial charge in [-0.15, -0.1) is 0 Å². The first-order chi connectivity index (χ1) is 8.24. The Morgan fingerprint density at radius 2 is 2.35 bits per heavy atom. The van der Waals surface area contributed by atoms with Crippen LogP contribution in [0.15, 0.2) is 30.5 Å². The Morgan fingerprint density at radius 3 is 3.18 bits per heavy atom. The predicted octanol–water partition coefficient (Wildman–Crippen LogP) is 2.74. The quantitative estimate of drug-likeness (QED) is 0.817. The van der Waals surface area contributed by atoms with Gasteiger partial charge >= 0.3 is 0 Å². The largest absolute Gasteiger partial charge is 0.356 e. The third-order valence-electron chi connectivity index (χ3n) is 3.12. The van der Waals surface area contributed by atoms with Crippen LogP contribution in [0.2, 0.25) is 0 Å². The molecule has 4 heteroatoms. The fraction of sp³-hybridized carbons (Fsp3) is 0.308. The van der Waals surface area contributed by atoms with Gasteiger partial charge in [0, 0.05) is 12.7 Å². The number of nitrogens with one attached hydrogen (secondary N) is 1. The lowest BCUT2D eigenvalue weighted by Crippen LogP contribution is -2.23. The van der Waals surface area contributed by atoms with Crippen LogP contribution in [-0.4, -0.2) is 16.1 Å². The lowest BCUT2D eigenvalue weighted by Gasteiger charge is -2.26. The minimum absolute atomic E-state index is 0.181. The van der Waals surface area contributed by atoms with Gasteiger partial charge in [-0.1, -0.05) is 12.1 Å². The smallest absolute Gasteiger partial charge is 0.203 e. The molecule has 3 nitrogen and oxygen atoms in total. The van der Waals surface area contributed by atoms with E-state index in [0.29, 0.717) is 0 Å². The van der Waals surface area contributed by atoms with Crippen LogP contribution >= 0.6 is 0 Å². The number of halogens is 1. The summed E-state index contributed by atoms with van der Waals surface area (Å²) >= 11 is 0. The van der Waals surface area contributed by atoms with Crippen LogP contribution in [0.25, 0.3) is 0 Å².